The van der Waals surface area contributed by atoms with Gasteiger partial charge in [-0.2, -0.15) is 9.61 Å². The van der Waals surface area contributed by atoms with Gasteiger partial charge in [0.2, 0.25) is 5.91 Å². The maximum atomic E-state index is 13.3. The Bertz CT molecular complexity index is 1330. The Kier molecular flexibility index (Phi) is 4.99. The van der Waals surface area contributed by atoms with Gasteiger partial charge >= 0.3 is 0 Å². The van der Waals surface area contributed by atoms with E-state index in [2.05, 4.69) is 57.8 Å². The van der Waals surface area contributed by atoms with Crippen molar-refractivity contribution in [3.63, 3.8) is 0 Å². The van der Waals surface area contributed by atoms with Gasteiger partial charge < -0.3 is 15.1 Å². The second-order valence-corrected chi connectivity index (χ2v) is 9.15. The topological polar surface area (TPSA) is 65.8 Å². The zero-order valence-electron chi connectivity index (χ0n) is 18.9. The highest BCUT2D eigenvalue weighted by Gasteiger charge is 2.37. The second-order valence-electron chi connectivity index (χ2n) is 9.15. The Morgan fingerprint density at radius 2 is 1.91 bits per heavy atom. The molecule has 1 fully saturated rings. The SMILES string of the molecule is CN(Cc1cccc2ccccc12)C(=O)C1CN(c2c3c(nc4ccnn24)CCNCC3)C1. The highest BCUT2D eigenvalue weighted by atomic mass is 16.2. The number of anilines is 1. The minimum absolute atomic E-state index is 0.00306. The van der Waals surface area contributed by atoms with Crippen molar-refractivity contribution in [2.45, 2.75) is 19.4 Å². The van der Waals surface area contributed by atoms with Gasteiger partial charge in [-0.3, -0.25) is 4.79 Å². The molecule has 0 atom stereocenters. The molecule has 0 radical (unpaired) electrons. The Morgan fingerprint density at radius 1 is 1.09 bits per heavy atom. The zero-order valence-corrected chi connectivity index (χ0v) is 18.9. The maximum absolute atomic E-state index is 13.3. The fourth-order valence-corrected chi connectivity index (χ4v) is 5.22. The fraction of sp³-hybridized carbons (Fsp3) is 0.346. The Morgan fingerprint density at radius 3 is 2.82 bits per heavy atom. The molecule has 7 nitrogen and oxygen atoms in total. The quantitative estimate of drug-likeness (QED) is 0.529. The van der Waals surface area contributed by atoms with Gasteiger partial charge in [-0.25, -0.2) is 4.98 Å². The predicted molar refractivity (Wildman–Crippen MR) is 129 cm³/mol. The number of carbonyl (C=O) groups excluding carboxylic acids is 1. The van der Waals surface area contributed by atoms with Crippen LogP contribution in [0.15, 0.2) is 54.7 Å². The number of nitrogens with one attached hydrogen (secondary N) is 1. The number of amides is 1. The van der Waals surface area contributed by atoms with Gasteiger partial charge in [-0.15, -0.1) is 0 Å². The van der Waals surface area contributed by atoms with Crippen LogP contribution in [0, 0.1) is 5.92 Å². The number of benzene rings is 2. The molecular weight excluding hydrogens is 412 g/mol. The number of aromatic nitrogens is 3. The molecular formula is C26H28N6O. The molecule has 0 bridgehead atoms. The highest BCUT2D eigenvalue weighted by molar-refractivity contribution is 5.87. The summed E-state index contributed by atoms with van der Waals surface area (Å²) >= 11 is 0. The largest absolute Gasteiger partial charge is 0.354 e. The minimum Gasteiger partial charge on any atom is -0.354 e. The molecule has 2 aromatic heterocycles. The van der Waals surface area contributed by atoms with E-state index in [4.69, 9.17) is 4.98 Å². The molecule has 1 amide bonds. The predicted octanol–water partition coefficient (Wildman–Crippen LogP) is 2.67. The summed E-state index contributed by atoms with van der Waals surface area (Å²) in [6, 6.07) is 16.6. The molecule has 1 saturated heterocycles. The van der Waals surface area contributed by atoms with Crippen LogP contribution in [0.1, 0.15) is 16.8 Å². The van der Waals surface area contributed by atoms with Crippen molar-refractivity contribution in [1.82, 2.24) is 24.8 Å². The molecule has 7 heteroatoms. The lowest BCUT2D eigenvalue weighted by Crippen LogP contribution is -2.54. The average Bonchev–Trinajstić information content (AvgIpc) is 3.14. The van der Waals surface area contributed by atoms with E-state index in [1.165, 1.54) is 21.9 Å². The Balaban J connectivity index is 1.21. The summed E-state index contributed by atoms with van der Waals surface area (Å²) in [5.41, 5.74) is 4.50. The van der Waals surface area contributed by atoms with Crippen LogP contribution in [-0.2, 0) is 24.2 Å². The third-order valence-corrected chi connectivity index (χ3v) is 6.98. The molecule has 4 heterocycles. The number of hydrogen-bond donors (Lipinski definition) is 1. The first kappa shape index (κ1) is 20.2. The monoisotopic (exact) mass is 440 g/mol. The first-order chi connectivity index (χ1) is 16.2. The second kappa shape index (κ2) is 8.15. The third kappa shape index (κ3) is 3.53. The van der Waals surface area contributed by atoms with E-state index < -0.39 is 0 Å². The van der Waals surface area contributed by atoms with Gasteiger partial charge in [0.05, 0.1) is 17.8 Å². The van der Waals surface area contributed by atoms with E-state index in [0.717, 1.165) is 56.2 Å². The van der Waals surface area contributed by atoms with E-state index in [9.17, 15) is 4.79 Å². The summed E-state index contributed by atoms with van der Waals surface area (Å²) in [4.78, 5) is 22.3. The van der Waals surface area contributed by atoms with Crippen molar-refractivity contribution in [3.8, 4) is 0 Å². The standard InChI is InChI=1S/C26H28N6O/c1-30(15-19-7-4-6-18-5-2-3-8-21(18)19)26(33)20-16-31(17-20)25-22-9-12-27-13-10-23(22)29-24-11-14-28-32(24)25/h2-8,11,14,20,27H,9-10,12-13,15-17H2,1H3. The molecule has 4 aromatic rings. The summed E-state index contributed by atoms with van der Waals surface area (Å²) in [6.07, 6.45) is 3.67. The van der Waals surface area contributed by atoms with E-state index in [-0.39, 0.29) is 11.8 Å². The van der Waals surface area contributed by atoms with Crippen LogP contribution in [0.4, 0.5) is 5.82 Å². The molecule has 2 aromatic carbocycles. The number of rotatable bonds is 4. The summed E-state index contributed by atoms with van der Waals surface area (Å²) < 4.78 is 1.95. The first-order valence-electron chi connectivity index (χ1n) is 11.7. The normalized spacial score (nSPS) is 16.5. The van der Waals surface area contributed by atoms with E-state index in [1.54, 1.807) is 0 Å². The summed E-state index contributed by atoms with van der Waals surface area (Å²) in [6.45, 7) is 3.95. The van der Waals surface area contributed by atoms with Crippen molar-refractivity contribution in [2.24, 2.45) is 5.92 Å². The van der Waals surface area contributed by atoms with Gasteiger partial charge in [0.15, 0.2) is 5.65 Å². The summed E-state index contributed by atoms with van der Waals surface area (Å²) in [5.74, 6) is 1.32. The van der Waals surface area contributed by atoms with Crippen molar-refractivity contribution in [2.75, 3.05) is 38.1 Å². The molecule has 0 saturated carbocycles. The van der Waals surface area contributed by atoms with Gasteiger partial charge in [-0.1, -0.05) is 42.5 Å². The van der Waals surface area contributed by atoms with Crippen molar-refractivity contribution in [1.29, 1.82) is 0 Å². The van der Waals surface area contributed by atoms with E-state index in [0.29, 0.717) is 6.54 Å². The van der Waals surface area contributed by atoms with Gasteiger partial charge in [0.25, 0.3) is 0 Å². The smallest absolute Gasteiger partial charge is 0.229 e. The molecule has 33 heavy (non-hydrogen) atoms. The zero-order chi connectivity index (χ0) is 22.4. The molecule has 0 unspecified atom stereocenters. The minimum atomic E-state index is 0.00306. The van der Waals surface area contributed by atoms with Crippen LogP contribution in [0.3, 0.4) is 0 Å². The lowest BCUT2D eigenvalue weighted by atomic mass is 9.96. The number of hydrogen-bond acceptors (Lipinski definition) is 5. The fourth-order valence-electron chi connectivity index (χ4n) is 5.22. The van der Waals surface area contributed by atoms with Crippen LogP contribution >= 0.6 is 0 Å². The molecule has 0 spiro atoms. The number of nitrogens with zero attached hydrogens (tertiary/aromatic N) is 5. The summed E-state index contributed by atoms with van der Waals surface area (Å²) in [7, 11) is 1.92. The van der Waals surface area contributed by atoms with Crippen LogP contribution in [0.2, 0.25) is 0 Å². The van der Waals surface area contributed by atoms with Crippen molar-refractivity contribution >= 4 is 28.1 Å². The molecule has 2 aliphatic rings. The van der Waals surface area contributed by atoms with Crippen molar-refractivity contribution in [3.05, 3.63) is 71.5 Å². The molecule has 1 N–H and O–H groups in total. The van der Waals surface area contributed by atoms with Crippen LogP contribution in [0.5, 0.6) is 0 Å². The third-order valence-electron chi connectivity index (χ3n) is 6.98. The lowest BCUT2D eigenvalue weighted by molar-refractivity contribution is -0.135. The van der Waals surface area contributed by atoms with Gasteiger partial charge in [0.1, 0.15) is 5.82 Å². The van der Waals surface area contributed by atoms with Crippen LogP contribution in [-0.4, -0.2) is 58.6 Å². The van der Waals surface area contributed by atoms with Gasteiger partial charge in [-0.05, 0) is 29.3 Å². The first-order valence-corrected chi connectivity index (χ1v) is 11.7. The molecule has 6 rings (SSSR count). The molecule has 168 valence electrons. The summed E-state index contributed by atoms with van der Waals surface area (Å²) in [5, 5.41) is 10.4. The molecule has 2 aliphatic heterocycles. The van der Waals surface area contributed by atoms with Crippen LogP contribution in [0.25, 0.3) is 16.4 Å². The number of fused-ring (bicyclic) bond motifs is 3. The van der Waals surface area contributed by atoms with E-state index in [1.807, 2.05) is 28.7 Å². The lowest BCUT2D eigenvalue weighted by Gasteiger charge is -2.42. The highest BCUT2D eigenvalue weighted by Crippen LogP contribution is 2.32. The Hall–Kier alpha value is -3.45. The van der Waals surface area contributed by atoms with Gasteiger partial charge in [0, 0.05) is 51.3 Å². The number of carbonyl (C=O) groups is 1. The average molecular weight is 441 g/mol. The van der Waals surface area contributed by atoms with E-state index >= 15 is 0 Å². The molecule has 0 aliphatic carbocycles. The Labute approximate surface area is 193 Å². The van der Waals surface area contributed by atoms with Crippen LogP contribution < -0.4 is 10.2 Å². The van der Waals surface area contributed by atoms with Crippen molar-refractivity contribution < 1.29 is 4.79 Å². The maximum Gasteiger partial charge on any atom is 0.229 e.